The van der Waals surface area contributed by atoms with Crippen molar-refractivity contribution < 1.29 is 4.74 Å². The second kappa shape index (κ2) is 6.51. The first kappa shape index (κ1) is 14.5. The van der Waals surface area contributed by atoms with Gasteiger partial charge in [0.25, 0.3) is 0 Å². The van der Waals surface area contributed by atoms with Crippen molar-refractivity contribution in [2.24, 2.45) is 5.73 Å². The Morgan fingerprint density at radius 2 is 2.17 bits per heavy atom. The van der Waals surface area contributed by atoms with Gasteiger partial charge in [-0.1, -0.05) is 19.3 Å². The molecule has 0 saturated heterocycles. The van der Waals surface area contributed by atoms with Crippen LogP contribution in [0.4, 0.5) is 0 Å². The van der Waals surface area contributed by atoms with E-state index < -0.39 is 0 Å². The highest BCUT2D eigenvalue weighted by molar-refractivity contribution is 9.10. The van der Waals surface area contributed by atoms with Crippen LogP contribution in [-0.2, 0) is 11.2 Å². The molecule has 4 heteroatoms. The molecule has 1 heterocycles. The SMILES string of the molecule is CCOC1(C(N)Cc2cc(Br)cs2)CCCCC1. The van der Waals surface area contributed by atoms with E-state index in [1.165, 1.54) is 24.1 Å². The molecule has 102 valence electrons. The van der Waals surface area contributed by atoms with Crippen molar-refractivity contribution in [3.8, 4) is 0 Å². The normalized spacial score (nSPS) is 20.8. The number of ether oxygens (including phenoxy) is 1. The van der Waals surface area contributed by atoms with Gasteiger partial charge < -0.3 is 10.5 Å². The highest BCUT2D eigenvalue weighted by Gasteiger charge is 2.38. The zero-order valence-electron chi connectivity index (χ0n) is 11.0. The van der Waals surface area contributed by atoms with Crippen LogP contribution in [0.15, 0.2) is 15.9 Å². The van der Waals surface area contributed by atoms with E-state index in [1.807, 2.05) is 0 Å². The van der Waals surface area contributed by atoms with Crippen molar-refractivity contribution in [2.45, 2.75) is 57.1 Å². The van der Waals surface area contributed by atoms with Gasteiger partial charge in [-0.25, -0.2) is 0 Å². The quantitative estimate of drug-likeness (QED) is 0.880. The molecule has 0 aromatic carbocycles. The number of hydrogen-bond acceptors (Lipinski definition) is 3. The minimum Gasteiger partial charge on any atom is -0.374 e. The van der Waals surface area contributed by atoms with E-state index >= 15 is 0 Å². The van der Waals surface area contributed by atoms with Gasteiger partial charge in [0.15, 0.2) is 0 Å². The summed E-state index contributed by atoms with van der Waals surface area (Å²) in [5.41, 5.74) is 6.40. The van der Waals surface area contributed by atoms with E-state index in [0.717, 1.165) is 30.3 Å². The molecule has 1 aromatic heterocycles. The molecule has 0 radical (unpaired) electrons. The van der Waals surface area contributed by atoms with Crippen LogP contribution in [0.2, 0.25) is 0 Å². The van der Waals surface area contributed by atoms with Crippen LogP contribution < -0.4 is 5.73 Å². The van der Waals surface area contributed by atoms with Crippen molar-refractivity contribution in [1.82, 2.24) is 0 Å². The second-order valence-corrected chi connectivity index (χ2v) is 7.01. The molecule has 1 aliphatic rings. The van der Waals surface area contributed by atoms with Crippen LogP contribution in [0.25, 0.3) is 0 Å². The molecule has 1 saturated carbocycles. The number of hydrogen-bond donors (Lipinski definition) is 1. The van der Waals surface area contributed by atoms with Gasteiger partial charge in [-0.05, 0) is 48.2 Å². The summed E-state index contributed by atoms with van der Waals surface area (Å²) in [4.78, 5) is 1.35. The van der Waals surface area contributed by atoms with Crippen molar-refractivity contribution in [3.05, 3.63) is 20.8 Å². The summed E-state index contributed by atoms with van der Waals surface area (Å²) in [7, 11) is 0. The third-order valence-corrected chi connectivity index (χ3v) is 5.57. The molecule has 1 aliphatic carbocycles. The second-order valence-electron chi connectivity index (χ2n) is 5.10. The van der Waals surface area contributed by atoms with Crippen LogP contribution in [0, 0.1) is 0 Å². The van der Waals surface area contributed by atoms with Gasteiger partial charge >= 0.3 is 0 Å². The van der Waals surface area contributed by atoms with Gasteiger partial charge in [0.05, 0.1) is 5.60 Å². The molecule has 1 atom stereocenters. The average Bonchev–Trinajstić information content (AvgIpc) is 2.76. The first-order valence-electron chi connectivity index (χ1n) is 6.79. The van der Waals surface area contributed by atoms with Crippen LogP contribution >= 0.6 is 27.3 Å². The fraction of sp³-hybridized carbons (Fsp3) is 0.714. The minimum atomic E-state index is -0.0799. The predicted octanol–water partition coefficient (Wildman–Crippen LogP) is 4.12. The lowest BCUT2D eigenvalue weighted by Crippen LogP contribution is -2.52. The predicted molar refractivity (Wildman–Crippen MR) is 81.1 cm³/mol. The molecular formula is C14H22BrNOS. The summed E-state index contributed by atoms with van der Waals surface area (Å²) in [6.45, 7) is 2.84. The fourth-order valence-corrected chi connectivity index (χ4v) is 4.43. The van der Waals surface area contributed by atoms with Crippen molar-refractivity contribution in [3.63, 3.8) is 0 Å². The number of thiophene rings is 1. The Kier molecular flexibility index (Phi) is 5.24. The molecule has 1 fully saturated rings. The largest absolute Gasteiger partial charge is 0.374 e. The summed E-state index contributed by atoms with van der Waals surface area (Å²) >= 11 is 5.28. The standard InChI is InChI=1S/C14H22BrNOS/c1-2-17-14(6-4-3-5-7-14)13(16)9-12-8-11(15)10-18-12/h8,10,13H,2-7,9,16H2,1H3. The van der Waals surface area contributed by atoms with E-state index in [1.54, 1.807) is 11.3 Å². The van der Waals surface area contributed by atoms with Crippen LogP contribution in [0.5, 0.6) is 0 Å². The Labute approximate surface area is 122 Å². The van der Waals surface area contributed by atoms with Gasteiger partial charge in [-0.15, -0.1) is 11.3 Å². The van der Waals surface area contributed by atoms with E-state index in [-0.39, 0.29) is 11.6 Å². The van der Waals surface area contributed by atoms with E-state index in [0.29, 0.717) is 0 Å². The summed E-state index contributed by atoms with van der Waals surface area (Å²) in [5, 5.41) is 2.12. The third-order valence-electron chi connectivity index (χ3n) is 3.85. The Hall–Kier alpha value is 0.1000. The van der Waals surface area contributed by atoms with Crippen molar-refractivity contribution in [1.29, 1.82) is 0 Å². The van der Waals surface area contributed by atoms with Gasteiger partial charge in [-0.3, -0.25) is 0 Å². The fourth-order valence-electron chi connectivity index (χ4n) is 2.92. The molecule has 1 unspecified atom stereocenters. The van der Waals surface area contributed by atoms with Crippen molar-refractivity contribution >= 4 is 27.3 Å². The van der Waals surface area contributed by atoms with E-state index in [2.05, 4.69) is 34.3 Å². The summed E-state index contributed by atoms with van der Waals surface area (Å²) in [5.74, 6) is 0. The van der Waals surface area contributed by atoms with E-state index in [4.69, 9.17) is 10.5 Å². The van der Waals surface area contributed by atoms with Crippen LogP contribution in [0.3, 0.4) is 0 Å². The highest BCUT2D eigenvalue weighted by atomic mass is 79.9. The van der Waals surface area contributed by atoms with Gasteiger partial charge in [0.1, 0.15) is 0 Å². The summed E-state index contributed by atoms with van der Waals surface area (Å²) in [6, 6.07) is 2.29. The molecule has 2 N–H and O–H groups in total. The van der Waals surface area contributed by atoms with Gasteiger partial charge in [-0.2, -0.15) is 0 Å². The topological polar surface area (TPSA) is 35.2 Å². The van der Waals surface area contributed by atoms with Gasteiger partial charge in [0, 0.05) is 27.4 Å². The zero-order valence-corrected chi connectivity index (χ0v) is 13.4. The van der Waals surface area contributed by atoms with E-state index in [9.17, 15) is 0 Å². The Balaban J connectivity index is 2.05. The lowest BCUT2D eigenvalue weighted by atomic mass is 9.78. The molecular weight excluding hydrogens is 310 g/mol. The molecule has 18 heavy (non-hydrogen) atoms. The Bertz CT molecular complexity index is 368. The molecule has 2 nitrogen and oxygen atoms in total. The smallest absolute Gasteiger partial charge is 0.0836 e. The van der Waals surface area contributed by atoms with Crippen LogP contribution in [0.1, 0.15) is 43.9 Å². The number of halogens is 1. The zero-order chi connectivity index (χ0) is 13.0. The molecule has 1 aromatic rings. The lowest BCUT2D eigenvalue weighted by molar-refractivity contribution is -0.0816. The molecule has 0 amide bonds. The molecule has 2 rings (SSSR count). The lowest BCUT2D eigenvalue weighted by Gasteiger charge is -2.41. The molecule has 0 bridgehead atoms. The summed E-state index contributed by atoms with van der Waals surface area (Å²) < 4.78 is 7.24. The maximum absolute atomic E-state index is 6.48. The third kappa shape index (κ3) is 3.35. The molecule has 0 aliphatic heterocycles. The monoisotopic (exact) mass is 331 g/mol. The highest BCUT2D eigenvalue weighted by Crippen LogP contribution is 2.35. The maximum atomic E-state index is 6.48. The van der Waals surface area contributed by atoms with Crippen molar-refractivity contribution in [2.75, 3.05) is 6.61 Å². The first-order valence-corrected chi connectivity index (χ1v) is 8.46. The Morgan fingerprint density at radius 3 is 2.72 bits per heavy atom. The number of rotatable bonds is 5. The first-order chi connectivity index (χ1) is 8.66. The van der Waals surface area contributed by atoms with Crippen LogP contribution in [-0.4, -0.2) is 18.2 Å². The Morgan fingerprint density at radius 1 is 1.44 bits per heavy atom. The molecule has 0 spiro atoms. The minimum absolute atomic E-state index is 0.0799. The summed E-state index contributed by atoms with van der Waals surface area (Å²) in [6.07, 6.45) is 7.00. The maximum Gasteiger partial charge on any atom is 0.0836 e. The average molecular weight is 332 g/mol. The van der Waals surface area contributed by atoms with Gasteiger partial charge in [0.2, 0.25) is 0 Å². The number of nitrogens with two attached hydrogens (primary N) is 1.